The fourth-order valence-corrected chi connectivity index (χ4v) is 7.37. The van der Waals surface area contributed by atoms with Crippen molar-refractivity contribution in [3.8, 4) is 0 Å². The normalized spacial score (nSPS) is 32.5. The van der Waals surface area contributed by atoms with E-state index in [-0.39, 0.29) is 12.2 Å². The third-order valence-corrected chi connectivity index (χ3v) is 9.31. The summed E-state index contributed by atoms with van der Waals surface area (Å²) in [7, 11) is 2.57. The Balaban J connectivity index is 1.96. The Morgan fingerprint density at radius 1 is 1.14 bits per heavy atom. The van der Waals surface area contributed by atoms with Crippen LogP contribution in [0.3, 0.4) is 0 Å². The molecule has 1 aliphatic heterocycles. The Hall–Kier alpha value is -3.16. The summed E-state index contributed by atoms with van der Waals surface area (Å²) in [6, 6.07) is 1.78. The maximum absolute atomic E-state index is 14.0. The molecular weight excluding hydrogens is 464 g/mol. The van der Waals surface area contributed by atoms with Gasteiger partial charge in [-0.2, -0.15) is 0 Å². The number of cyclic esters (lactones) is 1. The molecule has 3 aliphatic rings. The van der Waals surface area contributed by atoms with Crippen molar-refractivity contribution < 1.29 is 37.8 Å². The van der Waals surface area contributed by atoms with Crippen molar-refractivity contribution in [3.05, 3.63) is 47.5 Å². The Labute approximate surface area is 211 Å². The molecule has 1 saturated carbocycles. The lowest BCUT2D eigenvalue weighted by molar-refractivity contribution is -0.165. The van der Waals surface area contributed by atoms with Gasteiger partial charge in [-0.1, -0.05) is 19.4 Å². The fraction of sp³-hybridized carbons (Fsp3) is 0.571. The highest BCUT2D eigenvalue weighted by Gasteiger charge is 2.71. The summed E-state index contributed by atoms with van der Waals surface area (Å²) in [6.45, 7) is 9.13. The van der Waals surface area contributed by atoms with Gasteiger partial charge in [0.1, 0.15) is 6.10 Å². The lowest BCUT2D eigenvalue weighted by Gasteiger charge is -2.53. The van der Waals surface area contributed by atoms with Gasteiger partial charge in [0.2, 0.25) is 0 Å². The number of carbonyl (C=O) groups excluding carboxylic acids is 4. The van der Waals surface area contributed by atoms with Crippen LogP contribution in [0.25, 0.3) is 0 Å². The number of hydrogen-bond acceptors (Lipinski definition) is 8. The number of allylic oxidation sites excluding steroid dienone is 2. The second-order valence-corrected chi connectivity index (χ2v) is 11.2. The Morgan fingerprint density at radius 2 is 1.83 bits per heavy atom. The number of furan rings is 1. The second kappa shape index (κ2) is 8.46. The van der Waals surface area contributed by atoms with E-state index in [2.05, 4.69) is 0 Å². The predicted molar refractivity (Wildman–Crippen MR) is 128 cm³/mol. The number of fused-ring (bicyclic) bond motifs is 2. The number of methoxy groups -OCH3 is 2. The molecule has 2 heterocycles. The summed E-state index contributed by atoms with van der Waals surface area (Å²) in [6.07, 6.45) is 6.63. The third-order valence-electron chi connectivity index (χ3n) is 9.31. The Kier molecular flexibility index (Phi) is 6.09. The molecule has 1 aromatic heterocycles. The summed E-state index contributed by atoms with van der Waals surface area (Å²) in [4.78, 5) is 52.6. The molecule has 5 atom stereocenters. The minimum atomic E-state index is -1.23. The molecular formula is C28H34O8. The zero-order valence-corrected chi connectivity index (χ0v) is 21.9. The summed E-state index contributed by atoms with van der Waals surface area (Å²) < 4.78 is 21.2. The fourth-order valence-electron chi connectivity index (χ4n) is 7.37. The van der Waals surface area contributed by atoms with Crippen LogP contribution in [-0.4, -0.2) is 37.9 Å². The lowest BCUT2D eigenvalue weighted by atomic mass is 9.48. The van der Waals surface area contributed by atoms with Crippen molar-refractivity contribution in [2.45, 2.75) is 60.0 Å². The number of ketones is 1. The van der Waals surface area contributed by atoms with Gasteiger partial charge in [0, 0.05) is 27.9 Å². The minimum Gasteiger partial charge on any atom is -0.472 e. The lowest BCUT2D eigenvalue weighted by Crippen LogP contribution is -2.55. The van der Waals surface area contributed by atoms with Crippen molar-refractivity contribution >= 4 is 23.7 Å². The van der Waals surface area contributed by atoms with Gasteiger partial charge in [-0.3, -0.25) is 14.4 Å². The van der Waals surface area contributed by atoms with Crippen LogP contribution in [0, 0.1) is 27.6 Å². The molecule has 36 heavy (non-hydrogen) atoms. The highest BCUT2D eigenvalue weighted by molar-refractivity contribution is 6.02. The molecule has 0 N–H and O–H groups in total. The number of esters is 3. The highest BCUT2D eigenvalue weighted by atomic mass is 16.5. The van der Waals surface area contributed by atoms with Gasteiger partial charge >= 0.3 is 17.9 Å². The van der Waals surface area contributed by atoms with E-state index < -0.39 is 51.6 Å². The van der Waals surface area contributed by atoms with E-state index in [4.69, 9.17) is 18.6 Å². The first-order valence-corrected chi connectivity index (χ1v) is 12.1. The van der Waals surface area contributed by atoms with E-state index in [1.165, 1.54) is 26.6 Å². The van der Waals surface area contributed by atoms with Gasteiger partial charge in [-0.15, -0.1) is 0 Å². The Bertz CT molecular complexity index is 1170. The van der Waals surface area contributed by atoms with Crippen molar-refractivity contribution in [2.24, 2.45) is 27.6 Å². The van der Waals surface area contributed by atoms with Crippen molar-refractivity contribution in [1.29, 1.82) is 0 Å². The van der Waals surface area contributed by atoms with Gasteiger partial charge < -0.3 is 18.6 Å². The van der Waals surface area contributed by atoms with E-state index >= 15 is 0 Å². The second-order valence-electron chi connectivity index (χ2n) is 11.2. The van der Waals surface area contributed by atoms with Gasteiger partial charge in [-0.25, -0.2) is 4.79 Å². The molecule has 0 saturated heterocycles. The smallest absolute Gasteiger partial charge is 0.331 e. The topological polar surface area (TPSA) is 109 Å². The standard InChI is InChI=1S/C28H34O8/c1-16-12-20(29)27(5,18(13-21(30)33-6)25(2,3)24(32)34-7)28(16)10-9-26(4)19(28)14-22(31)36-23(26)17-8-11-35-15-17/h8,11-12,14-15,18,23H,9-10,13H2,1-7H3/t18-,23-,26+,27?,28+/m0/s1. The van der Waals surface area contributed by atoms with Crippen molar-refractivity contribution in [3.63, 3.8) is 0 Å². The first kappa shape index (κ1) is 25.9. The molecule has 2 aliphatic carbocycles. The molecule has 1 fully saturated rings. The van der Waals surface area contributed by atoms with Crippen LogP contribution in [0.1, 0.15) is 65.5 Å². The Morgan fingerprint density at radius 3 is 2.42 bits per heavy atom. The predicted octanol–water partition coefficient (Wildman–Crippen LogP) is 4.50. The van der Waals surface area contributed by atoms with Crippen LogP contribution in [0.2, 0.25) is 0 Å². The van der Waals surface area contributed by atoms with E-state index in [9.17, 15) is 19.2 Å². The van der Waals surface area contributed by atoms with Crippen LogP contribution in [-0.2, 0) is 33.4 Å². The monoisotopic (exact) mass is 498 g/mol. The number of carbonyl (C=O) groups is 4. The SMILES string of the molecule is COC(=O)C[C@@H](C(C)(C)C(=O)OC)C1(C)C(=O)C=C(C)[C@@]12CC[C@]1(C)C2=CC(=O)O[C@H]1c1ccoc1. The van der Waals surface area contributed by atoms with Crippen LogP contribution in [0.15, 0.2) is 46.3 Å². The zero-order valence-electron chi connectivity index (χ0n) is 21.9. The van der Waals surface area contributed by atoms with E-state index in [0.29, 0.717) is 12.8 Å². The molecule has 1 spiro atoms. The summed E-state index contributed by atoms with van der Waals surface area (Å²) >= 11 is 0. The zero-order chi connectivity index (χ0) is 26.7. The molecule has 194 valence electrons. The number of hydrogen-bond donors (Lipinski definition) is 0. The van der Waals surface area contributed by atoms with Crippen LogP contribution in [0.5, 0.6) is 0 Å². The quantitative estimate of drug-likeness (QED) is 0.416. The molecule has 1 unspecified atom stereocenters. The van der Waals surface area contributed by atoms with Crippen molar-refractivity contribution in [1.82, 2.24) is 0 Å². The molecule has 0 amide bonds. The van der Waals surface area contributed by atoms with Crippen LogP contribution in [0.4, 0.5) is 0 Å². The minimum absolute atomic E-state index is 0.163. The molecule has 0 bridgehead atoms. The molecule has 8 heteroatoms. The average molecular weight is 499 g/mol. The molecule has 4 rings (SSSR count). The van der Waals surface area contributed by atoms with Crippen molar-refractivity contribution in [2.75, 3.05) is 14.2 Å². The largest absolute Gasteiger partial charge is 0.472 e. The maximum atomic E-state index is 14.0. The third kappa shape index (κ3) is 3.26. The maximum Gasteiger partial charge on any atom is 0.331 e. The molecule has 0 radical (unpaired) electrons. The van der Waals surface area contributed by atoms with Crippen LogP contribution < -0.4 is 0 Å². The number of rotatable bonds is 6. The van der Waals surface area contributed by atoms with Crippen LogP contribution >= 0.6 is 0 Å². The molecule has 1 aromatic rings. The van der Waals surface area contributed by atoms with Gasteiger partial charge in [0.15, 0.2) is 5.78 Å². The highest BCUT2D eigenvalue weighted by Crippen LogP contribution is 2.74. The van der Waals surface area contributed by atoms with E-state index in [1.807, 2.05) is 20.8 Å². The first-order chi connectivity index (χ1) is 16.8. The van der Waals surface area contributed by atoms with Gasteiger partial charge in [0.25, 0.3) is 0 Å². The summed E-state index contributed by atoms with van der Waals surface area (Å²) in [5.41, 5.74) is -1.63. The number of ether oxygens (including phenoxy) is 3. The molecule has 8 nitrogen and oxygen atoms in total. The van der Waals surface area contributed by atoms with E-state index in [0.717, 1.165) is 16.7 Å². The summed E-state index contributed by atoms with van der Waals surface area (Å²) in [5, 5.41) is 0. The summed E-state index contributed by atoms with van der Waals surface area (Å²) in [5.74, 6) is -2.52. The molecule has 0 aromatic carbocycles. The van der Waals surface area contributed by atoms with Gasteiger partial charge in [-0.05, 0) is 57.2 Å². The first-order valence-electron chi connectivity index (χ1n) is 12.1. The average Bonchev–Trinajstić information content (AvgIpc) is 3.51. The van der Waals surface area contributed by atoms with Gasteiger partial charge in [0.05, 0.1) is 38.6 Å². The van der Waals surface area contributed by atoms with E-state index in [1.54, 1.807) is 32.3 Å².